The van der Waals surface area contributed by atoms with Gasteiger partial charge in [-0.2, -0.15) is 0 Å². The highest BCUT2D eigenvalue weighted by Gasteiger charge is 2.11. The van der Waals surface area contributed by atoms with Gasteiger partial charge in [0.1, 0.15) is 13.2 Å². The standard InChI is InChI=1S/C12H12O2/c1-2-4-6-8-11(7-5-3-1)12-13-9-10-14-12/h1-8H,9-10H2/b3-1-,4-2-,7-5-,8-6-. The van der Waals surface area contributed by atoms with E-state index in [1.54, 1.807) is 0 Å². The van der Waals surface area contributed by atoms with Crippen molar-refractivity contribution < 1.29 is 9.47 Å². The fourth-order valence-electron chi connectivity index (χ4n) is 1.24. The Morgan fingerprint density at radius 1 is 0.714 bits per heavy atom. The Labute approximate surface area is 83.5 Å². The predicted octanol–water partition coefficient (Wildman–Crippen LogP) is 2.48. The third-order valence-corrected chi connectivity index (χ3v) is 1.89. The van der Waals surface area contributed by atoms with E-state index in [0.29, 0.717) is 19.2 Å². The van der Waals surface area contributed by atoms with Crippen molar-refractivity contribution in [2.24, 2.45) is 0 Å². The lowest BCUT2D eigenvalue weighted by molar-refractivity contribution is 0.173. The van der Waals surface area contributed by atoms with Crippen LogP contribution < -0.4 is 0 Å². The van der Waals surface area contributed by atoms with Gasteiger partial charge in [-0.15, -0.1) is 0 Å². The maximum atomic E-state index is 5.34. The van der Waals surface area contributed by atoms with Crippen LogP contribution in [0.2, 0.25) is 0 Å². The first-order chi connectivity index (χ1) is 6.97. The Kier molecular flexibility index (Phi) is 2.86. The zero-order valence-electron chi connectivity index (χ0n) is 7.85. The molecule has 2 rings (SSSR count). The topological polar surface area (TPSA) is 18.5 Å². The molecular weight excluding hydrogens is 176 g/mol. The van der Waals surface area contributed by atoms with Crippen molar-refractivity contribution in [3.63, 3.8) is 0 Å². The second-order valence-electron chi connectivity index (χ2n) is 2.93. The van der Waals surface area contributed by atoms with Gasteiger partial charge in [-0.05, 0) is 12.2 Å². The fourth-order valence-corrected chi connectivity index (χ4v) is 1.24. The van der Waals surface area contributed by atoms with Crippen LogP contribution in [-0.2, 0) is 9.47 Å². The molecule has 0 amide bonds. The van der Waals surface area contributed by atoms with E-state index < -0.39 is 0 Å². The van der Waals surface area contributed by atoms with Gasteiger partial charge in [0, 0.05) is 0 Å². The van der Waals surface area contributed by atoms with Gasteiger partial charge in [0.15, 0.2) is 0 Å². The number of ether oxygens (including phenoxy) is 2. The molecule has 1 saturated heterocycles. The van der Waals surface area contributed by atoms with E-state index in [1.165, 1.54) is 0 Å². The molecule has 0 saturated carbocycles. The summed E-state index contributed by atoms with van der Waals surface area (Å²) in [7, 11) is 0. The lowest BCUT2D eigenvalue weighted by Gasteiger charge is -1.99. The summed E-state index contributed by atoms with van der Waals surface area (Å²) in [4.78, 5) is 0. The van der Waals surface area contributed by atoms with Crippen LogP contribution in [0.4, 0.5) is 0 Å². The molecule has 0 aromatic rings. The number of hydrogen-bond acceptors (Lipinski definition) is 2. The Balaban J connectivity index is 2.28. The molecule has 2 heteroatoms. The Morgan fingerprint density at radius 3 is 1.79 bits per heavy atom. The summed E-state index contributed by atoms with van der Waals surface area (Å²) in [5.74, 6) is 0.626. The van der Waals surface area contributed by atoms with Crippen molar-refractivity contribution >= 4 is 0 Å². The van der Waals surface area contributed by atoms with Gasteiger partial charge in [-0.1, -0.05) is 36.5 Å². The van der Waals surface area contributed by atoms with Crippen LogP contribution in [0.25, 0.3) is 0 Å². The van der Waals surface area contributed by atoms with E-state index in [0.717, 1.165) is 5.57 Å². The molecule has 2 aliphatic rings. The summed E-state index contributed by atoms with van der Waals surface area (Å²) in [6.07, 6.45) is 15.8. The molecule has 2 nitrogen and oxygen atoms in total. The lowest BCUT2D eigenvalue weighted by Crippen LogP contribution is -1.86. The molecule has 0 aromatic heterocycles. The average molecular weight is 188 g/mol. The molecule has 0 radical (unpaired) electrons. The molecule has 0 bridgehead atoms. The van der Waals surface area contributed by atoms with Crippen LogP contribution in [0.5, 0.6) is 0 Å². The van der Waals surface area contributed by atoms with E-state index in [9.17, 15) is 0 Å². The molecule has 0 N–H and O–H groups in total. The van der Waals surface area contributed by atoms with Gasteiger partial charge in [-0.25, -0.2) is 0 Å². The first-order valence-electron chi connectivity index (χ1n) is 4.65. The average Bonchev–Trinajstić information content (AvgIpc) is 2.75. The second-order valence-corrected chi connectivity index (χ2v) is 2.93. The summed E-state index contributed by atoms with van der Waals surface area (Å²) in [6, 6.07) is 0. The second kappa shape index (κ2) is 4.51. The van der Waals surface area contributed by atoms with Crippen LogP contribution >= 0.6 is 0 Å². The molecule has 0 atom stereocenters. The predicted molar refractivity (Wildman–Crippen MR) is 55.5 cm³/mol. The molecule has 72 valence electrons. The third kappa shape index (κ3) is 2.16. The quantitative estimate of drug-likeness (QED) is 0.581. The normalized spacial score (nSPS) is 29.1. The molecule has 1 aliphatic carbocycles. The zero-order chi connectivity index (χ0) is 9.64. The minimum Gasteiger partial charge on any atom is -0.461 e. The van der Waals surface area contributed by atoms with Gasteiger partial charge in [0.05, 0.1) is 5.57 Å². The van der Waals surface area contributed by atoms with E-state index in [-0.39, 0.29) is 0 Å². The largest absolute Gasteiger partial charge is 0.461 e. The number of allylic oxidation sites excluding steroid dienone is 9. The zero-order valence-corrected chi connectivity index (χ0v) is 7.85. The molecule has 1 aliphatic heterocycles. The Morgan fingerprint density at radius 2 is 1.21 bits per heavy atom. The smallest absolute Gasteiger partial charge is 0.286 e. The van der Waals surface area contributed by atoms with E-state index in [2.05, 4.69) is 0 Å². The van der Waals surface area contributed by atoms with Gasteiger partial charge < -0.3 is 9.47 Å². The molecule has 0 aromatic carbocycles. The van der Waals surface area contributed by atoms with Crippen molar-refractivity contribution in [3.05, 3.63) is 60.1 Å². The van der Waals surface area contributed by atoms with Gasteiger partial charge in [0.2, 0.25) is 0 Å². The maximum absolute atomic E-state index is 5.34. The lowest BCUT2D eigenvalue weighted by atomic mass is 10.2. The first kappa shape index (κ1) is 8.88. The molecule has 14 heavy (non-hydrogen) atoms. The highest BCUT2D eigenvalue weighted by atomic mass is 16.7. The van der Waals surface area contributed by atoms with Gasteiger partial charge in [-0.3, -0.25) is 0 Å². The van der Waals surface area contributed by atoms with E-state index >= 15 is 0 Å². The van der Waals surface area contributed by atoms with E-state index in [1.807, 2.05) is 48.6 Å². The monoisotopic (exact) mass is 188 g/mol. The van der Waals surface area contributed by atoms with Crippen LogP contribution in [-0.4, -0.2) is 13.2 Å². The van der Waals surface area contributed by atoms with Gasteiger partial charge >= 0.3 is 0 Å². The number of rotatable bonds is 0. The molecule has 0 unspecified atom stereocenters. The third-order valence-electron chi connectivity index (χ3n) is 1.89. The molecule has 1 heterocycles. The van der Waals surface area contributed by atoms with Crippen molar-refractivity contribution in [2.45, 2.75) is 0 Å². The maximum Gasteiger partial charge on any atom is 0.286 e. The van der Waals surface area contributed by atoms with E-state index in [4.69, 9.17) is 9.47 Å². The van der Waals surface area contributed by atoms with Crippen molar-refractivity contribution in [3.8, 4) is 0 Å². The molecular formula is C12H12O2. The van der Waals surface area contributed by atoms with Crippen LogP contribution in [0.15, 0.2) is 60.1 Å². The van der Waals surface area contributed by atoms with Crippen LogP contribution in [0.1, 0.15) is 0 Å². The first-order valence-corrected chi connectivity index (χ1v) is 4.65. The Hall–Kier alpha value is -1.70. The Bertz CT molecular complexity index is 311. The highest BCUT2D eigenvalue weighted by molar-refractivity contribution is 5.37. The minimum atomic E-state index is 0.626. The summed E-state index contributed by atoms with van der Waals surface area (Å²) in [5.41, 5.74) is 0.971. The molecule has 0 spiro atoms. The number of hydrogen-bond donors (Lipinski definition) is 0. The van der Waals surface area contributed by atoms with Crippen molar-refractivity contribution in [1.82, 2.24) is 0 Å². The van der Waals surface area contributed by atoms with Crippen LogP contribution in [0.3, 0.4) is 0 Å². The van der Waals surface area contributed by atoms with Crippen molar-refractivity contribution in [2.75, 3.05) is 13.2 Å². The van der Waals surface area contributed by atoms with Crippen LogP contribution in [0, 0.1) is 0 Å². The summed E-state index contributed by atoms with van der Waals surface area (Å²) in [6.45, 7) is 1.29. The minimum absolute atomic E-state index is 0.626. The molecule has 1 fully saturated rings. The summed E-state index contributed by atoms with van der Waals surface area (Å²) in [5, 5.41) is 0. The SMILES string of the molecule is C1=C\C=C/C(=C2OCCO2)/C=C\C=C/1. The van der Waals surface area contributed by atoms with Crippen molar-refractivity contribution in [1.29, 1.82) is 0 Å². The fraction of sp³-hybridized carbons (Fsp3) is 0.167. The highest BCUT2D eigenvalue weighted by Crippen LogP contribution is 2.16. The van der Waals surface area contributed by atoms with Gasteiger partial charge in [0.25, 0.3) is 5.95 Å². The summed E-state index contributed by atoms with van der Waals surface area (Å²) >= 11 is 0. The summed E-state index contributed by atoms with van der Waals surface area (Å²) < 4.78 is 10.7.